The number of amides is 1. The molecule has 1 amide bonds. The normalized spacial score (nSPS) is 11.9. The van der Waals surface area contributed by atoms with E-state index in [1.807, 2.05) is 6.92 Å². The Balaban J connectivity index is 1.84. The molecule has 0 saturated carbocycles. The van der Waals surface area contributed by atoms with E-state index in [9.17, 15) is 9.18 Å². The zero-order chi connectivity index (χ0) is 14.5. The largest absolute Gasteiger partial charge is 0.467 e. The van der Waals surface area contributed by atoms with Crippen LogP contribution in [0.15, 0.2) is 41.0 Å². The van der Waals surface area contributed by atoms with Gasteiger partial charge in [0.1, 0.15) is 11.6 Å². The monoisotopic (exact) mass is 296 g/mol. The molecule has 0 aliphatic carbocycles. The number of anilines is 1. The zero-order valence-electron chi connectivity index (χ0n) is 10.8. The molecule has 0 saturated heterocycles. The molecule has 0 bridgehead atoms. The number of carbonyl (C=O) groups excluding carboxylic acids is 1. The molecule has 0 fully saturated rings. The predicted octanol–water partition coefficient (Wildman–Crippen LogP) is 3.36. The summed E-state index contributed by atoms with van der Waals surface area (Å²) in [5, 5.41) is 5.66. The number of rotatable bonds is 5. The van der Waals surface area contributed by atoms with Gasteiger partial charge in [-0.05, 0) is 37.3 Å². The van der Waals surface area contributed by atoms with E-state index >= 15 is 0 Å². The van der Waals surface area contributed by atoms with E-state index in [1.54, 1.807) is 18.4 Å². The van der Waals surface area contributed by atoms with Gasteiger partial charge in [0.2, 0.25) is 5.91 Å². The molecule has 1 aromatic carbocycles. The summed E-state index contributed by atoms with van der Waals surface area (Å²) in [6.07, 6.45) is 1.55. The average Bonchev–Trinajstić information content (AvgIpc) is 2.94. The van der Waals surface area contributed by atoms with Crippen molar-refractivity contribution in [3.8, 4) is 0 Å². The molecule has 0 radical (unpaired) electrons. The number of hydrogen-bond donors (Lipinski definition) is 2. The van der Waals surface area contributed by atoms with E-state index in [-0.39, 0.29) is 23.5 Å². The van der Waals surface area contributed by atoms with Crippen LogP contribution < -0.4 is 10.6 Å². The van der Waals surface area contributed by atoms with Gasteiger partial charge in [-0.3, -0.25) is 4.79 Å². The maximum Gasteiger partial charge on any atom is 0.239 e. The Morgan fingerprint density at radius 3 is 2.90 bits per heavy atom. The highest BCUT2D eigenvalue weighted by Gasteiger charge is 2.11. The van der Waals surface area contributed by atoms with Crippen LogP contribution in [0.3, 0.4) is 0 Å². The van der Waals surface area contributed by atoms with Crippen molar-refractivity contribution in [1.82, 2.24) is 5.32 Å². The number of furan rings is 1. The fraction of sp³-hybridized carbons (Fsp3) is 0.214. The Hall–Kier alpha value is -2.01. The van der Waals surface area contributed by atoms with Gasteiger partial charge in [-0.2, -0.15) is 0 Å². The molecule has 106 valence electrons. The van der Waals surface area contributed by atoms with Crippen LogP contribution in [0.5, 0.6) is 0 Å². The molecule has 0 aliphatic heterocycles. The second kappa shape index (κ2) is 6.43. The number of hydrogen-bond acceptors (Lipinski definition) is 3. The van der Waals surface area contributed by atoms with Gasteiger partial charge in [0.25, 0.3) is 0 Å². The molecule has 1 atom stereocenters. The fourth-order valence-electron chi connectivity index (χ4n) is 1.69. The Labute approximate surface area is 120 Å². The Bertz CT molecular complexity index is 587. The lowest BCUT2D eigenvalue weighted by Gasteiger charge is -2.12. The Morgan fingerprint density at radius 1 is 1.45 bits per heavy atom. The summed E-state index contributed by atoms with van der Waals surface area (Å²) in [6.45, 7) is 1.89. The number of nitrogens with one attached hydrogen (secondary N) is 2. The highest BCUT2D eigenvalue weighted by molar-refractivity contribution is 6.31. The summed E-state index contributed by atoms with van der Waals surface area (Å²) in [7, 11) is 0. The minimum Gasteiger partial charge on any atom is -0.467 e. The van der Waals surface area contributed by atoms with Crippen LogP contribution in [0.2, 0.25) is 5.02 Å². The first-order chi connectivity index (χ1) is 9.56. The molecule has 0 aliphatic rings. The van der Waals surface area contributed by atoms with Crippen molar-refractivity contribution in [3.63, 3.8) is 0 Å². The van der Waals surface area contributed by atoms with Gasteiger partial charge in [0.05, 0.1) is 23.9 Å². The number of carbonyl (C=O) groups is 1. The molecule has 6 heteroatoms. The summed E-state index contributed by atoms with van der Waals surface area (Å²) >= 11 is 5.65. The lowest BCUT2D eigenvalue weighted by atomic mass is 10.2. The smallest absolute Gasteiger partial charge is 0.239 e. The van der Waals surface area contributed by atoms with E-state index in [2.05, 4.69) is 10.6 Å². The lowest BCUT2D eigenvalue weighted by molar-refractivity contribution is -0.120. The van der Waals surface area contributed by atoms with Crippen LogP contribution in [-0.4, -0.2) is 12.5 Å². The summed E-state index contributed by atoms with van der Waals surface area (Å²) in [5.41, 5.74) is 0.581. The number of benzene rings is 1. The first-order valence-corrected chi connectivity index (χ1v) is 6.46. The van der Waals surface area contributed by atoms with Crippen LogP contribution in [0.1, 0.15) is 18.7 Å². The molecule has 20 heavy (non-hydrogen) atoms. The van der Waals surface area contributed by atoms with Gasteiger partial charge in [-0.15, -0.1) is 0 Å². The van der Waals surface area contributed by atoms with Crippen molar-refractivity contribution in [1.29, 1.82) is 0 Å². The van der Waals surface area contributed by atoms with Crippen LogP contribution in [-0.2, 0) is 4.79 Å². The minimum absolute atomic E-state index is 0.0133. The molecule has 1 unspecified atom stereocenters. The van der Waals surface area contributed by atoms with Crippen LogP contribution in [0, 0.1) is 5.82 Å². The van der Waals surface area contributed by atoms with Gasteiger partial charge in [0.15, 0.2) is 0 Å². The number of halogens is 2. The zero-order valence-corrected chi connectivity index (χ0v) is 11.6. The molecule has 1 heterocycles. The topological polar surface area (TPSA) is 54.3 Å². The third kappa shape index (κ3) is 3.74. The van der Waals surface area contributed by atoms with Crippen molar-refractivity contribution in [2.45, 2.75) is 13.0 Å². The quantitative estimate of drug-likeness (QED) is 0.889. The van der Waals surface area contributed by atoms with E-state index in [0.29, 0.717) is 11.4 Å². The highest BCUT2D eigenvalue weighted by atomic mass is 35.5. The third-order valence-electron chi connectivity index (χ3n) is 2.72. The summed E-state index contributed by atoms with van der Waals surface area (Å²) < 4.78 is 18.2. The van der Waals surface area contributed by atoms with E-state index < -0.39 is 5.82 Å². The lowest BCUT2D eigenvalue weighted by Crippen LogP contribution is -2.31. The van der Waals surface area contributed by atoms with Crippen LogP contribution >= 0.6 is 11.6 Å². The molecule has 2 N–H and O–H groups in total. The van der Waals surface area contributed by atoms with Gasteiger partial charge >= 0.3 is 0 Å². The predicted molar refractivity (Wildman–Crippen MR) is 75.2 cm³/mol. The molecular weight excluding hydrogens is 283 g/mol. The maximum absolute atomic E-state index is 13.0. The van der Waals surface area contributed by atoms with Crippen molar-refractivity contribution in [2.24, 2.45) is 0 Å². The molecule has 1 aromatic heterocycles. The van der Waals surface area contributed by atoms with Crippen molar-refractivity contribution >= 4 is 23.2 Å². The maximum atomic E-state index is 13.0. The van der Waals surface area contributed by atoms with Gasteiger partial charge in [-0.1, -0.05) is 11.6 Å². The minimum atomic E-state index is -0.492. The SMILES string of the molecule is CC(NC(=O)CNc1ccc(F)c(Cl)c1)c1ccco1. The second-order valence-corrected chi connectivity index (χ2v) is 4.69. The van der Waals surface area contributed by atoms with Crippen LogP contribution in [0.25, 0.3) is 0 Å². The van der Waals surface area contributed by atoms with E-state index in [4.69, 9.17) is 16.0 Å². The molecule has 2 aromatic rings. The Kier molecular flexibility index (Phi) is 4.63. The molecule has 0 spiro atoms. The van der Waals surface area contributed by atoms with E-state index in [1.165, 1.54) is 18.2 Å². The summed E-state index contributed by atoms with van der Waals surface area (Å²) in [6, 6.07) is 7.53. The van der Waals surface area contributed by atoms with Gasteiger partial charge < -0.3 is 15.1 Å². The van der Waals surface area contributed by atoms with Gasteiger partial charge in [0, 0.05) is 5.69 Å². The third-order valence-corrected chi connectivity index (χ3v) is 3.01. The summed E-state index contributed by atoms with van der Waals surface area (Å²) in [5.74, 6) is -0.00867. The Morgan fingerprint density at radius 2 is 2.25 bits per heavy atom. The van der Waals surface area contributed by atoms with Crippen molar-refractivity contribution in [3.05, 3.63) is 53.2 Å². The molecular formula is C14H14ClFN2O2. The second-order valence-electron chi connectivity index (χ2n) is 4.29. The van der Waals surface area contributed by atoms with Gasteiger partial charge in [-0.25, -0.2) is 4.39 Å². The molecule has 2 rings (SSSR count). The standard InChI is InChI=1S/C14H14ClFN2O2/c1-9(13-3-2-6-20-13)18-14(19)8-17-10-4-5-12(16)11(15)7-10/h2-7,9,17H,8H2,1H3,(H,18,19). The first-order valence-electron chi connectivity index (χ1n) is 6.08. The summed E-state index contributed by atoms with van der Waals surface area (Å²) in [4.78, 5) is 11.8. The molecule has 4 nitrogen and oxygen atoms in total. The van der Waals surface area contributed by atoms with Crippen molar-refractivity contribution < 1.29 is 13.6 Å². The first kappa shape index (κ1) is 14.4. The van der Waals surface area contributed by atoms with Crippen LogP contribution in [0.4, 0.5) is 10.1 Å². The van der Waals surface area contributed by atoms with Crippen molar-refractivity contribution in [2.75, 3.05) is 11.9 Å². The van der Waals surface area contributed by atoms with E-state index in [0.717, 1.165) is 0 Å². The average molecular weight is 297 g/mol. The highest BCUT2D eigenvalue weighted by Crippen LogP contribution is 2.19. The fourth-order valence-corrected chi connectivity index (χ4v) is 1.87.